The first kappa shape index (κ1) is 42.7. The van der Waals surface area contributed by atoms with Crippen molar-refractivity contribution in [2.24, 2.45) is 10.1 Å². The second-order valence-electron chi connectivity index (χ2n) is 12.6. The summed E-state index contributed by atoms with van der Waals surface area (Å²) in [6.07, 6.45) is 0.417. The van der Waals surface area contributed by atoms with E-state index in [1.165, 1.54) is 17.0 Å². The van der Waals surface area contributed by atoms with Crippen LogP contribution in [0.1, 0.15) is 37.8 Å². The lowest BCUT2D eigenvalue weighted by Crippen LogP contribution is -2.35. The number of carbonyl (C=O) groups excluding carboxylic acids is 3. The van der Waals surface area contributed by atoms with Crippen molar-refractivity contribution in [3.8, 4) is 0 Å². The zero-order valence-electron chi connectivity index (χ0n) is 30.6. The topological polar surface area (TPSA) is 164 Å². The van der Waals surface area contributed by atoms with Gasteiger partial charge in [0.2, 0.25) is 11.8 Å². The Labute approximate surface area is 348 Å². The van der Waals surface area contributed by atoms with E-state index in [-0.39, 0.29) is 62.6 Å². The highest BCUT2D eigenvalue weighted by Gasteiger charge is 2.42. The average Bonchev–Trinajstić information content (AvgIpc) is 3.41. The predicted octanol–water partition coefficient (Wildman–Crippen LogP) is 9.85. The van der Waals surface area contributed by atoms with Gasteiger partial charge in [0.05, 0.1) is 42.2 Å². The fraction of sp³-hybridized carbons (Fsp3) is 0.216. The Morgan fingerprint density at radius 1 is 0.804 bits per heavy atom. The van der Waals surface area contributed by atoms with Gasteiger partial charge in [-0.1, -0.05) is 71.9 Å². The van der Waals surface area contributed by atoms with Crippen LogP contribution in [0.5, 0.6) is 0 Å². The lowest BCUT2D eigenvalue weighted by atomic mass is 10.1. The van der Waals surface area contributed by atoms with Crippen LogP contribution in [-0.4, -0.2) is 56.3 Å². The van der Waals surface area contributed by atoms with Crippen molar-refractivity contribution in [2.45, 2.75) is 45.4 Å². The molecular formula is C37H34Cl5N7O6S. The second kappa shape index (κ2) is 17.0. The molecule has 3 N–H and O–H groups in total. The van der Waals surface area contributed by atoms with E-state index in [4.69, 9.17) is 63.0 Å². The highest BCUT2D eigenvalue weighted by atomic mass is 35.5. The number of hydrogen-bond donors (Lipinski definition) is 3. The molecule has 1 heterocycles. The third-order valence-corrected chi connectivity index (χ3v) is 11.1. The Morgan fingerprint density at radius 2 is 1.30 bits per heavy atom. The number of aryl methyl sites for hydroxylation is 2. The summed E-state index contributed by atoms with van der Waals surface area (Å²) in [5.74, 6) is -1.62. The molecule has 19 heteroatoms. The van der Waals surface area contributed by atoms with Crippen molar-refractivity contribution >= 4 is 137 Å². The summed E-state index contributed by atoms with van der Waals surface area (Å²) in [5, 5.41) is 9.54. The number of amidine groups is 1. The molecule has 0 bridgehead atoms. The van der Waals surface area contributed by atoms with Gasteiger partial charge in [-0.2, -0.15) is 13.4 Å². The Balaban J connectivity index is 1.86. The smallest absolute Gasteiger partial charge is 0.301 e. The fourth-order valence-electron chi connectivity index (χ4n) is 5.64. The zero-order chi connectivity index (χ0) is 41.4. The maximum Gasteiger partial charge on any atom is 0.301 e. The van der Waals surface area contributed by atoms with Gasteiger partial charge in [-0.15, -0.1) is 5.10 Å². The van der Waals surface area contributed by atoms with E-state index >= 15 is 0 Å². The number of nitrogens with one attached hydrogen (secondary N) is 2. The fourth-order valence-corrected chi connectivity index (χ4v) is 8.31. The number of halogens is 5. The number of hydrogen-bond acceptors (Lipinski definition) is 9. The highest BCUT2D eigenvalue weighted by Crippen LogP contribution is 2.46. The van der Waals surface area contributed by atoms with Gasteiger partial charge in [0, 0.05) is 44.0 Å². The first-order valence-corrected chi connectivity index (χ1v) is 20.0. The molecule has 3 amide bonds. The lowest BCUT2D eigenvalue weighted by molar-refractivity contribution is -0.116. The summed E-state index contributed by atoms with van der Waals surface area (Å²) < 4.78 is 34.9. The number of hydrazone groups is 1. The minimum Gasteiger partial charge on any atom is -0.378 e. The Kier molecular flexibility index (Phi) is 13.0. The Hall–Kier alpha value is -4.41. The number of benzene rings is 4. The monoisotopic (exact) mass is 879 g/mol. The van der Waals surface area contributed by atoms with Crippen LogP contribution in [0.15, 0.2) is 69.6 Å². The quantitative estimate of drug-likeness (QED) is 0.133. The van der Waals surface area contributed by atoms with Crippen LogP contribution in [0.3, 0.4) is 0 Å². The van der Waals surface area contributed by atoms with Crippen LogP contribution in [0.4, 0.5) is 39.8 Å². The molecule has 4 aromatic rings. The van der Waals surface area contributed by atoms with Gasteiger partial charge < -0.3 is 15.5 Å². The number of anilines is 6. The molecule has 56 heavy (non-hydrogen) atoms. The van der Waals surface area contributed by atoms with Crippen molar-refractivity contribution < 1.29 is 27.4 Å². The molecule has 0 fully saturated rings. The van der Waals surface area contributed by atoms with Gasteiger partial charge in [-0.3, -0.25) is 23.8 Å². The van der Waals surface area contributed by atoms with Crippen molar-refractivity contribution in [3.63, 3.8) is 0 Å². The molecule has 0 aliphatic carbocycles. The van der Waals surface area contributed by atoms with E-state index in [0.717, 1.165) is 16.8 Å². The SMILES string of the molecule is CCC(=O)Nc1ccc(N(C2=NN(c3c(Cl)cc(Cl)c(S(=O)(=O)O)c3Cl)C(=O)C2=Nc2c(C)cc(N(C)C)cc2C)c2ccc(NC(=O)CC)cc2Cl)c(Cl)c1. The Morgan fingerprint density at radius 3 is 1.73 bits per heavy atom. The van der Waals surface area contributed by atoms with E-state index in [1.54, 1.807) is 38.1 Å². The molecule has 0 spiro atoms. The first-order valence-electron chi connectivity index (χ1n) is 16.7. The molecule has 0 radical (unpaired) electrons. The van der Waals surface area contributed by atoms with E-state index in [1.807, 2.05) is 45.0 Å². The first-order chi connectivity index (χ1) is 26.3. The molecule has 294 valence electrons. The summed E-state index contributed by atoms with van der Waals surface area (Å²) in [5.41, 5.74) is 3.11. The molecule has 4 aromatic carbocycles. The largest absolute Gasteiger partial charge is 0.378 e. The number of nitrogens with zero attached hydrogens (tertiary/aromatic N) is 5. The normalized spacial score (nSPS) is 13.6. The van der Waals surface area contributed by atoms with Crippen LogP contribution >= 0.6 is 58.0 Å². The molecule has 0 atom stereocenters. The maximum absolute atomic E-state index is 14.7. The van der Waals surface area contributed by atoms with Gasteiger partial charge in [0.25, 0.3) is 10.1 Å². The third kappa shape index (κ3) is 8.76. The van der Waals surface area contributed by atoms with Gasteiger partial charge >= 0.3 is 5.91 Å². The highest BCUT2D eigenvalue weighted by molar-refractivity contribution is 7.86. The van der Waals surface area contributed by atoms with Gasteiger partial charge in [0.1, 0.15) is 10.6 Å². The molecule has 0 unspecified atom stereocenters. The van der Waals surface area contributed by atoms with Crippen LogP contribution in [0, 0.1) is 13.8 Å². The van der Waals surface area contributed by atoms with E-state index < -0.39 is 36.7 Å². The van der Waals surface area contributed by atoms with E-state index in [0.29, 0.717) is 28.2 Å². The van der Waals surface area contributed by atoms with E-state index in [9.17, 15) is 27.4 Å². The van der Waals surface area contributed by atoms with Crippen molar-refractivity contribution in [1.29, 1.82) is 0 Å². The summed E-state index contributed by atoms with van der Waals surface area (Å²) >= 11 is 33.2. The molecule has 5 rings (SSSR count). The summed E-state index contributed by atoms with van der Waals surface area (Å²) in [6.45, 7) is 7.02. The third-order valence-electron chi connectivity index (χ3n) is 8.39. The van der Waals surface area contributed by atoms with Gasteiger partial charge in [-0.25, -0.2) is 4.99 Å². The van der Waals surface area contributed by atoms with Crippen molar-refractivity contribution in [2.75, 3.05) is 39.5 Å². The lowest BCUT2D eigenvalue weighted by Gasteiger charge is -2.27. The van der Waals surface area contributed by atoms with Crippen molar-refractivity contribution in [3.05, 3.63) is 90.8 Å². The predicted molar refractivity (Wildman–Crippen MR) is 226 cm³/mol. The van der Waals surface area contributed by atoms with Gasteiger partial charge in [0.15, 0.2) is 11.5 Å². The molecule has 0 aromatic heterocycles. The van der Waals surface area contributed by atoms with Crippen LogP contribution in [0.2, 0.25) is 25.1 Å². The molecule has 0 saturated carbocycles. The minimum atomic E-state index is -5.04. The van der Waals surface area contributed by atoms with Crippen LogP contribution in [-0.2, 0) is 24.5 Å². The average molecular weight is 882 g/mol. The summed E-state index contributed by atoms with van der Waals surface area (Å²) in [7, 11) is -1.28. The number of rotatable bonds is 10. The zero-order valence-corrected chi connectivity index (χ0v) is 35.2. The molecule has 13 nitrogen and oxygen atoms in total. The van der Waals surface area contributed by atoms with Gasteiger partial charge in [-0.05, 0) is 79.6 Å². The summed E-state index contributed by atoms with van der Waals surface area (Å²) in [4.78, 5) is 46.5. The number of amides is 3. The maximum atomic E-state index is 14.7. The summed E-state index contributed by atoms with van der Waals surface area (Å²) in [6, 6.07) is 14.0. The molecule has 0 saturated heterocycles. The minimum absolute atomic E-state index is 0.0743. The van der Waals surface area contributed by atoms with E-state index in [2.05, 4.69) is 15.7 Å². The number of aliphatic imine (C=N–C) groups is 1. The molecule has 1 aliphatic rings. The second-order valence-corrected chi connectivity index (χ2v) is 16.0. The van der Waals surface area contributed by atoms with Crippen LogP contribution in [0.25, 0.3) is 0 Å². The van der Waals surface area contributed by atoms with Crippen molar-refractivity contribution in [1.82, 2.24) is 0 Å². The number of carbonyl (C=O) groups is 3. The molecular weight excluding hydrogens is 848 g/mol. The van der Waals surface area contributed by atoms with Crippen LogP contribution < -0.4 is 25.4 Å². The Bertz CT molecular complexity index is 2390. The standard InChI is InChI=1S/C37H34Cl5N7O6S/c1-7-29(50)43-20-9-11-27(23(38)15-20)48(28-12-10-21(16-24(28)39)44-30(51)8-2)36-33(45-32-18(3)13-22(47(5)6)14-19(32)4)37(52)49(46-36)34-25(40)17-26(41)35(31(34)42)56(53,54)55/h9-17H,7-8H2,1-6H3,(H,43,50)(H,44,51)(H,53,54,55). The molecule has 1 aliphatic heterocycles.